The Bertz CT molecular complexity index is 1110. The van der Waals surface area contributed by atoms with E-state index in [1.54, 1.807) is 30.3 Å². The molecule has 4 rings (SSSR count). The molecule has 1 N–H and O–H groups in total. The molecule has 0 saturated carbocycles. The molecule has 1 saturated heterocycles. The Balaban J connectivity index is 1.52. The van der Waals surface area contributed by atoms with E-state index in [-0.39, 0.29) is 17.2 Å². The fourth-order valence-corrected chi connectivity index (χ4v) is 3.32. The summed E-state index contributed by atoms with van der Waals surface area (Å²) >= 11 is 0. The van der Waals surface area contributed by atoms with Crippen molar-refractivity contribution in [1.82, 2.24) is 14.7 Å². The van der Waals surface area contributed by atoms with Gasteiger partial charge in [-0.2, -0.15) is 9.78 Å². The average Bonchev–Trinajstić information content (AvgIpc) is 3.13. The third-order valence-corrected chi connectivity index (χ3v) is 4.76. The number of carbonyl (C=O) groups is 2. The highest BCUT2D eigenvalue weighted by Gasteiger charge is 2.20. The number of anilines is 1. The molecule has 0 aliphatic carbocycles. The van der Waals surface area contributed by atoms with Gasteiger partial charge in [-0.1, -0.05) is 30.3 Å². The zero-order chi connectivity index (χ0) is 20.2. The van der Waals surface area contributed by atoms with Crippen LogP contribution < -0.4 is 10.9 Å². The lowest BCUT2D eigenvalue weighted by atomic mass is 10.2. The molecule has 0 bridgehead atoms. The van der Waals surface area contributed by atoms with Crippen LogP contribution in [0.2, 0.25) is 0 Å². The molecule has 7 heteroatoms. The van der Waals surface area contributed by atoms with Gasteiger partial charge < -0.3 is 10.2 Å². The highest BCUT2D eigenvalue weighted by Crippen LogP contribution is 2.17. The Morgan fingerprint density at radius 3 is 2.59 bits per heavy atom. The number of likely N-dealkylation sites (tertiary alicyclic amines) is 1. The second-order valence-corrected chi connectivity index (χ2v) is 6.88. The van der Waals surface area contributed by atoms with Crippen LogP contribution in [0.15, 0.2) is 71.5 Å². The molecule has 0 unspecified atom stereocenters. The van der Waals surface area contributed by atoms with Crippen molar-refractivity contribution in [2.75, 3.05) is 11.9 Å². The van der Waals surface area contributed by atoms with Crippen molar-refractivity contribution in [3.63, 3.8) is 0 Å². The Hall–Kier alpha value is -3.74. The van der Waals surface area contributed by atoms with Crippen LogP contribution in [0.25, 0.3) is 5.69 Å². The summed E-state index contributed by atoms with van der Waals surface area (Å²) in [7, 11) is 0. The lowest BCUT2D eigenvalue weighted by molar-refractivity contribution is -0.128. The summed E-state index contributed by atoms with van der Waals surface area (Å²) in [6, 6.07) is 19.1. The Morgan fingerprint density at radius 2 is 1.83 bits per heavy atom. The maximum atomic E-state index is 12.7. The number of nitrogens with one attached hydrogen (secondary N) is 1. The minimum Gasteiger partial charge on any atom is -0.338 e. The van der Waals surface area contributed by atoms with Crippen LogP contribution in [0, 0.1) is 0 Å². The molecule has 1 aromatic heterocycles. The normalized spacial score (nSPS) is 13.5. The molecule has 1 aliphatic rings. The van der Waals surface area contributed by atoms with E-state index in [9.17, 15) is 14.4 Å². The Morgan fingerprint density at radius 1 is 1.00 bits per heavy atom. The van der Waals surface area contributed by atoms with Gasteiger partial charge in [0.25, 0.3) is 11.5 Å². The largest absolute Gasteiger partial charge is 0.338 e. The molecule has 146 valence electrons. The Kier molecular flexibility index (Phi) is 5.20. The number of nitrogens with zero attached hydrogens (tertiary/aromatic N) is 3. The summed E-state index contributed by atoms with van der Waals surface area (Å²) in [5.41, 5.74) is 1.96. The lowest BCUT2D eigenvalue weighted by Crippen LogP contribution is -2.25. The molecular formula is C22H20N4O3. The predicted molar refractivity (Wildman–Crippen MR) is 109 cm³/mol. The third kappa shape index (κ3) is 4.24. The van der Waals surface area contributed by atoms with Gasteiger partial charge in [0, 0.05) is 31.3 Å². The molecule has 0 atom stereocenters. The van der Waals surface area contributed by atoms with Gasteiger partial charge in [0.1, 0.15) is 5.69 Å². The van der Waals surface area contributed by atoms with Gasteiger partial charge >= 0.3 is 0 Å². The molecule has 29 heavy (non-hydrogen) atoms. The summed E-state index contributed by atoms with van der Waals surface area (Å²) in [5.74, 6) is -0.254. The van der Waals surface area contributed by atoms with Crippen molar-refractivity contribution >= 4 is 17.5 Å². The minimum atomic E-state index is -0.413. The quantitative estimate of drug-likeness (QED) is 0.728. The van der Waals surface area contributed by atoms with E-state index in [4.69, 9.17) is 0 Å². The predicted octanol–water partition coefficient (Wildman–Crippen LogP) is 2.61. The molecule has 0 radical (unpaired) electrons. The molecular weight excluding hydrogens is 368 g/mol. The van der Waals surface area contributed by atoms with E-state index < -0.39 is 5.91 Å². The van der Waals surface area contributed by atoms with Crippen LogP contribution in [0.1, 0.15) is 28.9 Å². The smallest absolute Gasteiger partial charge is 0.276 e. The maximum absolute atomic E-state index is 12.7. The highest BCUT2D eigenvalue weighted by molar-refractivity contribution is 6.02. The van der Waals surface area contributed by atoms with Crippen molar-refractivity contribution in [3.05, 3.63) is 88.3 Å². The first kappa shape index (κ1) is 18.6. The van der Waals surface area contributed by atoms with Crippen LogP contribution in [0.4, 0.5) is 5.69 Å². The van der Waals surface area contributed by atoms with Crippen molar-refractivity contribution in [2.24, 2.45) is 0 Å². The number of hydrogen-bond acceptors (Lipinski definition) is 4. The van der Waals surface area contributed by atoms with E-state index >= 15 is 0 Å². The first-order chi connectivity index (χ1) is 14.1. The summed E-state index contributed by atoms with van der Waals surface area (Å²) in [5, 5.41) is 7.01. The van der Waals surface area contributed by atoms with Gasteiger partial charge in [0.15, 0.2) is 0 Å². The van der Waals surface area contributed by atoms with E-state index in [1.807, 2.05) is 29.2 Å². The first-order valence-electron chi connectivity index (χ1n) is 9.44. The second kappa shape index (κ2) is 8.10. The van der Waals surface area contributed by atoms with Gasteiger partial charge in [0.05, 0.1) is 5.69 Å². The molecule has 0 spiro atoms. The van der Waals surface area contributed by atoms with E-state index in [2.05, 4.69) is 10.4 Å². The van der Waals surface area contributed by atoms with Crippen LogP contribution in [-0.2, 0) is 11.3 Å². The number of para-hydroxylation sites is 1. The van der Waals surface area contributed by atoms with Crippen molar-refractivity contribution < 1.29 is 9.59 Å². The summed E-state index contributed by atoms with van der Waals surface area (Å²) < 4.78 is 1.20. The Labute approximate surface area is 167 Å². The minimum absolute atomic E-state index is 0.133. The van der Waals surface area contributed by atoms with Crippen molar-refractivity contribution in [1.29, 1.82) is 0 Å². The molecule has 1 fully saturated rings. The van der Waals surface area contributed by atoms with Crippen LogP contribution >= 0.6 is 0 Å². The highest BCUT2D eigenvalue weighted by atomic mass is 16.2. The molecule has 7 nitrogen and oxygen atoms in total. The molecule has 3 aromatic rings. The van der Waals surface area contributed by atoms with Gasteiger partial charge in [0.2, 0.25) is 5.91 Å². The molecule has 2 heterocycles. The van der Waals surface area contributed by atoms with Gasteiger partial charge in [-0.15, -0.1) is 0 Å². The number of carbonyl (C=O) groups excluding carboxylic acids is 2. The van der Waals surface area contributed by atoms with Crippen LogP contribution in [0.3, 0.4) is 0 Å². The summed E-state index contributed by atoms with van der Waals surface area (Å²) in [4.78, 5) is 38.4. The fourth-order valence-electron chi connectivity index (χ4n) is 3.32. The average molecular weight is 388 g/mol. The maximum Gasteiger partial charge on any atom is 0.276 e. The number of amides is 2. The number of rotatable bonds is 5. The summed E-state index contributed by atoms with van der Waals surface area (Å²) in [6.07, 6.45) is 1.48. The van der Waals surface area contributed by atoms with Crippen molar-refractivity contribution in [3.8, 4) is 5.69 Å². The van der Waals surface area contributed by atoms with Crippen molar-refractivity contribution in [2.45, 2.75) is 19.4 Å². The van der Waals surface area contributed by atoms with Gasteiger partial charge in [-0.25, -0.2) is 0 Å². The van der Waals surface area contributed by atoms with Crippen LogP contribution in [-0.4, -0.2) is 33.0 Å². The monoisotopic (exact) mass is 388 g/mol. The second-order valence-electron chi connectivity index (χ2n) is 6.88. The van der Waals surface area contributed by atoms with Gasteiger partial charge in [-0.3, -0.25) is 14.4 Å². The lowest BCUT2D eigenvalue weighted by Gasteiger charge is -2.16. The summed E-state index contributed by atoms with van der Waals surface area (Å²) in [6.45, 7) is 1.29. The molecule has 1 aliphatic heterocycles. The third-order valence-electron chi connectivity index (χ3n) is 4.76. The fraction of sp³-hybridized carbons (Fsp3) is 0.182. The molecule has 2 aromatic carbocycles. The van der Waals surface area contributed by atoms with E-state index in [0.29, 0.717) is 24.3 Å². The number of benzene rings is 2. The molecule has 2 amide bonds. The topological polar surface area (TPSA) is 84.3 Å². The number of aromatic nitrogens is 2. The zero-order valence-electron chi connectivity index (χ0n) is 15.7. The first-order valence-corrected chi connectivity index (χ1v) is 9.44. The SMILES string of the molecule is O=C(Nc1cccc(CN2CCCC2=O)c1)c1ccc(=O)n(-c2ccccc2)n1. The van der Waals surface area contributed by atoms with E-state index in [0.717, 1.165) is 18.5 Å². The van der Waals surface area contributed by atoms with E-state index in [1.165, 1.54) is 16.8 Å². The zero-order valence-corrected chi connectivity index (χ0v) is 15.7. The van der Waals surface area contributed by atoms with Gasteiger partial charge in [-0.05, 0) is 42.3 Å². The number of hydrogen-bond donors (Lipinski definition) is 1. The van der Waals surface area contributed by atoms with Crippen LogP contribution in [0.5, 0.6) is 0 Å². The standard InChI is InChI=1S/C22H20N4O3/c27-20-10-5-13-25(20)15-16-6-4-7-17(14-16)23-22(29)19-11-12-21(28)26(24-19)18-8-2-1-3-9-18/h1-4,6-9,11-12,14H,5,10,13,15H2,(H,23,29).